The predicted molar refractivity (Wildman–Crippen MR) is 61.1 cm³/mol. The van der Waals surface area contributed by atoms with Gasteiger partial charge in [0.2, 0.25) is 0 Å². The average Bonchev–Trinajstić information content (AvgIpc) is 2.60. The summed E-state index contributed by atoms with van der Waals surface area (Å²) >= 11 is 5.35. The van der Waals surface area contributed by atoms with Gasteiger partial charge in [-0.2, -0.15) is 0 Å². The van der Waals surface area contributed by atoms with E-state index in [2.05, 4.69) is 29.8 Å². The molecular formula is C10H13BrO2S. The van der Waals surface area contributed by atoms with Crippen LogP contribution in [0.2, 0.25) is 0 Å². The first-order valence-corrected chi connectivity index (χ1v) is 6.23. The van der Waals surface area contributed by atoms with Crippen molar-refractivity contribution in [2.75, 3.05) is 13.2 Å². The van der Waals surface area contributed by atoms with Gasteiger partial charge in [0.05, 0.1) is 19.3 Å². The van der Waals surface area contributed by atoms with Gasteiger partial charge in [0.15, 0.2) is 0 Å². The van der Waals surface area contributed by atoms with E-state index < -0.39 is 0 Å². The Morgan fingerprint density at radius 3 is 2.50 bits per heavy atom. The van der Waals surface area contributed by atoms with Gasteiger partial charge < -0.3 is 9.84 Å². The van der Waals surface area contributed by atoms with Gasteiger partial charge in [-0.1, -0.05) is 0 Å². The summed E-state index contributed by atoms with van der Waals surface area (Å²) in [5, 5.41) is 9.76. The standard InChI is InChI=1S/C10H13BrO2S/c1-5-9(10(11)6(2)14-5)7-3-13-4-8(7)12/h7-8,12H,3-4H2,1-2H3/t7-,8+/m1/s1. The van der Waals surface area contributed by atoms with Crippen molar-refractivity contribution in [3.05, 3.63) is 19.8 Å². The summed E-state index contributed by atoms with van der Waals surface area (Å²) in [7, 11) is 0. The Kier molecular flexibility index (Phi) is 2.98. The zero-order valence-electron chi connectivity index (χ0n) is 8.21. The fraction of sp³-hybridized carbons (Fsp3) is 0.600. The average molecular weight is 277 g/mol. The second kappa shape index (κ2) is 3.93. The van der Waals surface area contributed by atoms with Gasteiger partial charge >= 0.3 is 0 Å². The largest absolute Gasteiger partial charge is 0.390 e. The number of halogens is 1. The van der Waals surface area contributed by atoms with E-state index >= 15 is 0 Å². The van der Waals surface area contributed by atoms with Gasteiger partial charge in [0.1, 0.15) is 0 Å². The number of aliphatic hydroxyl groups excluding tert-OH is 1. The molecule has 2 heterocycles. The Morgan fingerprint density at radius 1 is 1.36 bits per heavy atom. The maximum absolute atomic E-state index is 9.76. The van der Waals surface area contributed by atoms with E-state index in [0.29, 0.717) is 13.2 Å². The molecular weight excluding hydrogens is 264 g/mol. The van der Waals surface area contributed by atoms with E-state index in [-0.39, 0.29) is 12.0 Å². The highest BCUT2D eigenvalue weighted by Crippen LogP contribution is 2.40. The number of aryl methyl sites for hydroxylation is 2. The molecule has 1 aliphatic rings. The van der Waals surface area contributed by atoms with Crippen LogP contribution in [-0.2, 0) is 4.74 Å². The first-order valence-electron chi connectivity index (χ1n) is 4.62. The molecule has 1 aromatic heterocycles. The summed E-state index contributed by atoms with van der Waals surface area (Å²) in [5.41, 5.74) is 1.23. The second-order valence-electron chi connectivity index (χ2n) is 3.65. The van der Waals surface area contributed by atoms with Crippen LogP contribution in [0.3, 0.4) is 0 Å². The summed E-state index contributed by atoms with van der Waals surface area (Å²) in [6.45, 7) is 5.29. The fourth-order valence-corrected chi connectivity index (χ4v) is 3.90. The monoisotopic (exact) mass is 276 g/mol. The van der Waals surface area contributed by atoms with Crippen molar-refractivity contribution in [3.63, 3.8) is 0 Å². The zero-order valence-corrected chi connectivity index (χ0v) is 10.6. The van der Waals surface area contributed by atoms with E-state index in [1.807, 2.05) is 0 Å². The third-order valence-corrected chi connectivity index (χ3v) is 4.97. The molecule has 0 radical (unpaired) electrons. The molecule has 1 fully saturated rings. The van der Waals surface area contributed by atoms with Crippen LogP contribution in [0.1, 0.15) is 21.2 Å². The van der Waals surface area contributed by atoms with Crippen molar-refractivity contribution in [2.24, 2.45) is 0 Å². The smallest absolute Gasteiger partial charge is 0.0864 e. The van der Waals surface area contributed by atoms with Crippen LogP contribution in [0.4, 0.5) is 0 Å². The number of rotatable bonds is 1. The summed E-state index contributed by atoms with van der Waals surface area (Å²) in [4.78, 5) is 2.56. The summed E-state index contributed by atoms with van der Waals surface area (Å²) in [6, 6.07) is 0. The molecule has 0 amide bonds. The lowest BCUT2D eigenvalue weighted by Crippen LogP contribution is -2.16. The van der Waals surface area contributed by atoms with E-state index in [4.69, 9.17) is 4.74 Å². The molecule has 4 heteroatoms. The molecule has 0 unspecified atom stereocenters. The number of hydrogen-bond donors (Lipinski definition) is 1. The molecule has 2 atom stereocenters. The van der Waals surface area contributed by atoms with Crippen LogP contribution in [-0.4, -0.2) is 24.4 Å². The molecule has 1 aromatic rings. The number of aliphatic hydroxyl groups is 1. The Labute approximate surface area is 96.0 Å². The highest BCUT2D eigenvalue weighted by Gasteiger charge is 2.31. The van der Waals surface area contributed by atoms with Crippen LogP contribution in [0.15, 0.2) is 4.47 Å². The second-order valence-corrected chi connectivity index (χ2v) is 5.88. The fourth-order valence-electron chi connectivity index (χ4n) is 1.92. The van der Waals surface area contributed by atoms with E-state index in [9.17, 15) is 5.11 Å². The lowest BCUT2D eigenvalue weighted by molar-refractivity contribution is 0.124. The Balaban J connectivity index is 2.39. The van der Waals surface area contributed by atoms with Gasteiger partial charge in [-0.15, -0.1) is 11.3 Å². The Hall–Kier alpha value is 0.100. The summed E-state index contributed by atoms with van der Waals surface area (Å²) in [6.07, 6.45) is -0.348. The van der Waals surface area contributed by atoms with E-state index in [1.54, 1.807) is 11.3 Å². The minimum Gasteiger partial charge on any atom is -0.390 e. The molecule has 1 aliphatic heterocycles. The molecule has 1 saturated heterocycles. The van der Waals surface area contributed by atoms with Crippen molar-refractivity contribution in [1.29, 1.82) is 0 Å². The molecule has 0 aromatic carbocycles. The number of thiophene rings is 1. The van der Waals surface area contributed by atoms with E-state index in [1.165, 1.54) is 15.3 Å². The Morgan fingerprint density at radius 2 is 2.07 bits per heavy atom. The SMILES string of the molecule is Cc1sc(C)c([C@@H]2COC[C@@H]2O)c1Br. The van der Waals surface area contributed by atoms with Crippen LogP contribution in [0, 0.1) is 13.8 Å². The maximum Gasteiger partial charge on any atom is 0.0864 e. The number of hydrogen-bond acceptors (Lipinski definition) is 3. The van der Waals surface area contributed by atoms with Crippen molar-refractivity contribution >= 4 is 27.3 Å². The van der Waals surface area contributed by atoms with Gasteiger partial charge in [0.25, 0.3) is 0 Å². The molecule has 14 heavy (non-hydrogen) atoms. The van der Waals surface area contributed by atoms with Crippen molar-refractivity contribution < 1.29 is 9.84 Å². The molecule has 0 spiro atoms. The Bertz CT molecular complexity index is 348. The molecule has 0 aliphatic carbocycles. The van der Waals surface area contributed by atoms with Crippen molar-refractivity contribution in [2.45, 2.75) is 25.9 Å². The van der Waals surface area contributed by atoms with Crippen molar-refractivity contribution in [3.8, 4) is 0 Å². The lowest BCUT2D eigenvalue weighted by Gasteiger charge is -2.13. The van der Waals surface area contributed by atoms with Crippen molar-refractivity contribution in [1.82, 2.24) is 0 Å². The maximum atomic E-state index is 9.76. The summed E-state index contributed by atoms with van der Waals surface area (Å²) in [5.74, 6) is 0.148. The minimum absolute atomic E-state index is 0.148. The molecule has 0 bridgehead atoms. The van der Waals surface area contributed by atoms with Gasteiger partial charge in [-0.05, 0) is 35.3 Å². The number of ether oxygens (including phenoxy) is 1. The molecule has 1 N–H and O–H groups in total. The lowest BCUT2D eigenvalue weighted by atomic mass is 9.97. The van der Waals surface area contributed by atoms with Gasteiger partial charge in [-0.25, -0.2) is 0 Å². The molecule has 78 valence electrons. The first kappa shape index (κ1) is 10.6. The highest BCUT2D eigenvalue weighted by atomic mass is 79.9. The van der Waals surface area contributed by atoms with Gasteiger partial charge in [0, 0.05) is 20.1 Å². The minimum atomic E-state index is -0.348. The zero-order chi connectivity index (χ0) is 10.3. The van der Waals surface area contributed by atoms with Gasteiger partial charge in [-0.3, -0.25) is 0 Å². The third-order valence-electron chi connectivity index (χ3n) is 2.65. The normalized spacial score (nSPS) is 27.1. The third kappa shape index (κ3) is 1.65. The summed E-state index contributed by atoms with van der Waals surface area (Å²) < 4.78 is 6.42. The highest BCUT2D eigenvalue weighted by molar-refractivity contribution is 9.10. The van der Waals surface area contributed by atoms with Crippen LogP contribution < -0.4 is 0 Å². The predicted octanol–water partition coefficient (Wildman–Crippen LogP) is 2.60. The quantitative estimate of drug-likeness (QED) is 0.855. The van der Waals surface area contributed by atoms with Crippen LogP contribution in [0.5, 0.6) is 0 Å². The van der Waals surface area contributed by atoms with Crippen LogP contribution >= 0.6 is 27.3 Å². The molecule has 0 saturated carbocycles. The molecule has 2 rings (SSSR count). The molecule has 2 nitrogen and oxygen atoms in total. The van der Waals surface area contributed by atoms with Crippen LogP contribution in [0.25, 0.3) is 0 Å². The topological polar surface area (TPSA) is 29.5 Å². The van der Waals surface area contributed by atoms with E-state index in [0.717, 1.165) is 4.47 Å². The first-order chi connectivity index (χ1) is 6.61.